The maximum Gasteiger partial charge on any atom is 0.233 e. The van der Waals surface area contributed by atoms with Crippen LogP contribution >= 0.6 is 0 Å². The lowest BCUT2D eigenvalue weighted by Gasteiger charge is -2.33. The summed E-state index contributed by atoms with van der Waals surface area (Å²) in [6.45, 7) is 7.75. The molecule has 1 aromatic heterocycles. The summed E-state index contributed by atoms with van der Waals surface area (Å²) in [4.78, 5) is 2.49. The van der Waals surface area contributed by atoms with Crippen molar-refractivity contribution in [3.8, 4) is 5.75 Å². The number of aryl methyl sites for hydroxylation is 2. The van der Waals surface area contributed by atoms with Crippen molar-refractivity contribution in [3.63, 3.8) is 0 Å². The van der Waals surface area contributed by atoms with Crippen molar-refractivity contribution in [2.75, 3.05) is 26.9 Å². The normalized spacial score (nSPS) is 21.8. The number of rotatable bonds is 5. The zero-order valence-electron chi connectivity index (χ0n) is 17.2. The van der Waals surface area contributed by atoms with E-state index in [0.717, 1.165) is 63.1 Å². The molecule has 2 aliphatic heterocycles. The summed E-state index contributed by atoms with van der Waals surface area (Å²) < 4.78 is 17.1. The van der Waals surface area contributed by atoms with E-state index >= 15 is 0 Å². The van der Waals surface area contributed by atoms with Crippen molar-refractivity contribution in [2.45, 2.75) is 64.5 Å². The van der Waals surface area contributed by atoms with Gasteiger partial charge in [0.25, 0.3) is 0 Å². The number of benzene rings is 1. The van der Waals surface area contributed by atoms with Crippen LogP contribution in [0.5, 0.6) is 5.75 Å². The summed E-state index contributed by atoms with van der Waals surface area (Å²) >= 11 is 0. The van der Waals surface area contributed by atoms with E-state index < -0.39 is 0 Å². The third-order valence-corrected chi connectivity index (χ3v) is 6.04. The molecule has 0 saturated carbocycles. The fraction of sp³-hybridized carbons (Fsp3) is 0.636. The first-order valence-corrected chi connectivity index (χ1v) is 10.4. The number of aromatic nitrogens is 2. The Morgan fingerprint density at radius 1 is 1.04 bits per heavy atom. The van der Waals surface area contributed by atoms with Gasteiger partial charge in [0.1, 0.15) is 5.75 Å². The number of nitrogens with zero attached hydrogens (tertiary/aromatic N) is 3. The van der Waals surface area contributed by atoms with Gasteiger partial charge in [-0.15, -0.1) is 10.2 Å². The molecule has 28 heavy (non-hydrogen) atoms. The fourth-order valence-corrected chi connectivity index (χ4v) is 4.64. The van der Waals surface area contributed by atoms with Gasteiger partial charge >= 0.3 is 0 Å². The van der Waals surface area contributed by atoms with E-state index in [-0.39, 0.29) is 6.04 Å². The maximum atomic E-state index is 6.18. The number of likely N-dealkylation sites (tertiary alicyclic amines) is 1. The molecular formula is C22H31N3O3. The van der Waals surface area contributed by atoms with Crippen LogP contribution in [-0.2, 0) is 11.3 Å². The Bertz CT molecular complexity index is 775. The van der Waals surface area contributed by atoms with E-state index in [4.69, 9.17) is 13.9 Å². The van der Waals surface area contributed by atoms with Gasteiger partial charge in [0.2, 0.25) is 11.8 Å². The third-order valence-electron chi connectivity index (χ3n) is 6.04. The summed E-state index contributed by atoms with van der Waals surface area (Å²) in [5, 5.41) is 8.84. The highest BCUT2D eigenvalue weighted by atomic mass is 16.5. The van der Waals surface area contributed by atoms with Gasteiger partial charge in [-0.1, -0.05) is 18.6 Å². The molecule has 2 aliphatic rings. The molecule has 0 unspecified atom stereocenters. The summed E-state index contributed by atoms with van der Waals surface area (Å²) in [5.74, 6) is 2.90. The van der Waals surface area contributed by atoms with E-state index in [9.17, 15) is 0 Å². The minimum absolute atomic E-state index is 0.206. The Labute approximate surface area is 167 Å². The van der Waals surface area contributed by atoms with Crippen molar-refractivity contribution in [3.05, 3.63) is 40.6 Å². The molecule has 6 nitrogen and oxygen atoms in total. The smallest absolute Gasteiger partial charge is 0.233 e. The molecule has 0 bridgehead atoms. The first-order chi connectivity index (χ1) is 13.7. The van der Waals surface area contributed by atoms with Crippen molar-refractivity contribution in [1.29, 1.82) is 0 Å². The molecule has 0 spiro atoms. The van der Waals surface area contributed by atoms with Crippen LogP contribution in [0.2, 0.25) is 0 Å². The van der Waals surface area contributed by atoms with Crippen LogP contribution in [0.4, 0.5) is 0 Å². The molecule has 2 aromatic rings. The van der Waals surface area contributed by atoms with Gasteiger partial charge in [0.15, 0.2) is 0 Å². The SMILES string of the molecule is COc1c(C)cc(CN2CCCC[C@@H]2c2nnc(C3CCOCC3)o2)cc1C. The lowest BCUT2D eigenvalue weighted by Crippen LogP contribution is -2.33. The molecule has 1 aromatic carbocycles. The molecule has 0 aliphatic carbocycles. The van der Waals surface area contributed by atoms with Crippen LogP contribution in [0, 0.1) is 13.8 Å². The second-order valence-corrected chi connectivity index (χ2v) is 8.11. The van der Waals surface area contributed by atoms with E-state index in [1.165, 1.54) is 29.5 Å². The van der Waals surface area contributed by atoms with Crippen molar-refractivity contribution in [2.24, 2.45) is 0 Å². The van der Waals surface area contributed by atoms with Crippen molar-refractivity contribution in [1.82, 2.24) is 15.1 Å². The van der Waals surface area contributed by atoms with Gasteiger partial charge in [-0.05, 0) is 62.8 Å². The predicted octanol–water partition coefficient (Wildman–Crippen LogP) is 4.32. The van der Waals surface area contributed by atoms with Crippen molar-refractivity contribution >= 4 is 0 Å². The fourth-order valence-electron chi connectivity index (χ4n) is 4.64. The molecule has 2 fully saturated rings. The van der Waals surface area contributed by atoms with E-state index in [0.29, 0.717) is 5.92 Å². The highest BCUT2D eigenvalue weighted by Gasteiger charge is 2.30. The van der Waals surface area contributed by atoms with Crippen LogP contribution in [0.3, 0.4) is 0 Å². The molecule has 0 N–H and O–H groups in total. The Hall–Kier alpha value is -1.92. The quantitative estimate of drug-likeness (QED) is 0.764. The molecule has 152 valence electrons. The highest BCUT2D eigenvalue weighted by Crippen LogP contribution is 2.34. The number of hydrogen-bond acceptors (Lipinski definition) is 6. The Morgan fingerprint density at radius 3 is 2.46 bits per heavy atom. The van der Waals surface area contributed by atoms with E-state index in [1.807, 2.05) is 0 Å². The van der Waals surface area contributed by atoms with Crippen LogP contribution in [0.15, 0.2) is 16.5 Å². The number of hydrogen-bond donors (Lipinski definition) is 0. The molecule has 2 saturated heterocycles. The van der Waals surface area contributed by atoms with Crippen LogP contribution in [-0.4, -0.2) is 42.0 Å². The number of piperidine rings is 1. The molecular weight excluding hydrogens is 354 g/mol. The average Bonchev–Trinajstić information content (AvgIpc) is 3.19. The minimum atomic E-state index is 0.206. The Morgan fingerprint density at radius 2 is 1.75 bits per heavy atom. The van der Waals surface area contributed by atoms with Gasteiger partial charge in [-0.25, -0.2) is 0 Å². The lowest BCUT2D eigenvalue weighted by atomic mass is 9.99. The summed E-state index contributed by atoms with van der Waals surface area (Å²) in [7, 11) is 1.74. The first kappa shape index (κ1) is 19.4. The van der Waals surface area contributed by atoms with Gasteiger partial charge < -0.3 is 13.9 Å². The summed E-state index contributed by atoms with van der Waals surface area (Å²) in [6.07, 6.45) is 5.44. The molecule has 3 heterocycles. The lowest BCUT2D eigenvalue weighted by molar-refractivity contribution is 0.0768. The van der Waals surface area contributed by atoms with Crippen LogP contribution < -0.4 is 4.74 Å². The van der Waals surface area contributed by atoms with Crippen LogP contribution in [0.1, 0.15) is 72.5 Å². The molecule has 0 amide bonds. The predicted molar refractivity (Wildman–Crippen MR) is 107 cm³/mol. The third kappa shape index (κ3) is 4.08. The minimum Gasteiger partial charge on any atom is -0.496 e. The van der Waals surface area contributed by atoms with Gasteiger partial charge in [0.05, 0.1) is 13.2 Å². The standard InChI is InChI=1S/C22H31N3O3/c1-15-12-17(13-16(2)20(15)26-3)14-25-9-5-4-6-19(25)22-24-23-21(28-22)18-7-10-27-11-8-18/h12-13,18-19H,4-11,14H2,1-3H3/t19-/m1/s1. The number of methoxy groups -OCH3 is 1. The molecule has 6 heteroatoms. The largest absolute Gasteiger partial charge is 0.496 e. The summed E-state index contributed by atoms with van der Waals surface area (Å²) in [5.41, 5.74) is 3.68. The monoisotopic (exact) mass is 385 g/mol. The average molecular weight is 386 g/mol. The van der Waals surface area contributed by atoms with Crippen LogP contribution in [0.25, 0.3) is 0 Å². The molecule has 0 radical (unpaired) electrons. The Balaban J connectivity index is 1.51. The van der Waals surface area contributed by atoms with E-state index in [1.54, 1.807) is 7.11 Å². The number of ether oxygens (including phenoxy) is 2. The highest BCUT2D eigenvalue weighted by molar-refractivity contribution is 5.43. The van der Waals surface area contributed by atoms with E-state index in [2.05, 4.69) is 41.1 Å². The zero-order chi connectivity index (χ0) is 19.5. The van der Waals surface area contributed by atoms with Gasteiger partial charge in [-0.3, -0.25) is 4.90 Å². The van der Waals surface area contributed by atoms with Gasteiger partial charge in [0, 0.05) is 25.7 Å². The summed E-state index contributed by atoms with van der Waals surface area (Å²) in [6, 6.07) is 4.68. The molecule has 4 rings (SSSR count). The first-order valence-electron chi connectivity index (χ1n) is 10.4. The van der Waals surface area contributed by atoms with Crippen molar-refractivity contribution < 1.29 is 13.9 Å². The topological polar surface area (TPSA) is 60.6 Å². The molecule has 1 atom stereocenters. The maximum absolute atomic E-state index is 6.18. The second-order valence-electron chi connectivity index (χ2n) is 8.11. The van der Waals surface area contributed by atoms with Gasteiger partial charge in [-0.2, -0.15) is 0 Å². The zero-order valence-corrected chi connectivity index (χ0v) is 17.2. The second kappa shape index (κ2) is 8.62. The Kier molecular flexibility index (Phi) is 5.97.